The Hall–Kier alpha value is -1.91. The Balaban J connectivity index is 2.62. The van der Waals surface area contributed by atoms with Crippen LogP contribution in [0.4, 0.5) is 5.69 Å². The van der Waals surface area contributed by atoms with E-state index < -0.39 is 0 Å². The highest BCUT2D eigenvalue weighted by molar-refractivity contribution is 5.77. The zero-order chi connectivity index (χ0) is 12.8. The zero-order valence-corrected chi connectivity index (χ0v) is 10.3. The highest BCUT2D eigenvalue weighted by Gasteiger charge is 2.08. The lowest BCUT2D eigenvalue weighted by molar-refractivity contribution is -0.123. The zero-order valence-electron chi connectivity index (χ0n) is 10.3. The summed E-state index contributed by atoms with van der Waals surface area (Å²) in [4.78, 5) is 11.4. The summed E-state index contributed by atoms with van der Waals surface area (Å²) in [5, 5.41) is 2.73. The summed E-state index contributed by atoms with van der Waals surface area (Å²) in [6, 6.07) is 5.13. The van der Waals surface area contributed by atoms with Crippen molar-refractivity contribution in [3.05, 3.63) is 18.2 Å². The van der Waals surface area contributed by atoms with Crippen molar-refractivity contribution in [1.29, 1.82) is 0 Å². The van der Waals surface area contributed by atoms with E-state index in [4.69, 9.17) is 15.2 Å². The van der Waals surface area contributed by atoms with Gasteiger partial charge in [0.05, 0.1) is 7.11 Å². The maximum Gasteiger partial charge on any atom is 0.258 e. The molecule has 5 heteroatoms. The van der Waals surface area contributed by atoms with Gasteiger partial charge in [0.1, 0.15) is 0 Å². The van der Waals surface area contributed by atoms with Crippen LogP contribution in [-0.2, 0) is 4.79 Å². The van der Waals surface area contributed by atoms with Crippen LogP contribution < -0.4 is 20.5 Å². The Morgan fingerprint density at radius 2 is 2.12 bits per heavy atom. The first kappa shape index (κ1) is 13.2. The first-order chi connectivity index (χ1) is 8.02. The third kappa shape index (κ3) is 4.22. The second-order valence-corrected chi connectivity index (χ2v) is 3.92. The number of carbonyl (C=O) groups is 1. The fraction of sp³-hybridized carbons (Fsp3) is 0.417. The molecule has 1 rings (SSSR count). The van der Waals surface area contributed by atoms with Gasteiger partial charge in [-0.1, -0.05) is 0 Å². The fourth-order valence-corrected chi connectivity index (χ4v) is 1.31. The van der Waals surface area contributed by atoms with E-state index in [2.05, 4.69) is 5.32 Å². The minimum absolute atomic E-state index is 0.0575. The normalized spacial score (nSPS) is 10.1. The number of methoxy groups -OCH3 is 1. The van der Waals surface area contributed by atoms with Gasteiger partial charge in [0.15, 0.2) is 18.1 Å². The first-order valence-corrected chi connectivity index (χ1v) is 5.38. The van der Waals surface area contributed by atoms with E-state index in [1.807, 2.05) is 13.8 Å². The molecule has 0 radical (unpaired) electrons. The molecule has 0 fully saturated rings. The number of benzene rings is 1. The molecule has 0 spiro atoms. The molecule has 17 heavy (non-hydrogen) atoms. The summed E-state index contributed by atoms with van der Waals surface area (Å²) >= 11 is 0. The third-order valence-electron chi connectivity index (χ3n) is 2.00. The van der Waals surface area contributed by atoms with Crippen LogP contribution in [0.2, 0.25) is 0 Å². The van der Waals surface area contributed by atoms with Crippen molar-refractivity contribution in [2.75, 3.05) is 19.5 Å². The number of nitrogen functional groups attached to an aromatic ring is 1. The van der Waals surface area contributed by atoms with Gasteiger partial charge >= 0.3 is 0 Å². The highest BCUT2D eigenvalue weighted by atomic mass is 16.5. The summed E-state index contributed by atoms with van der Waals surface area (Å²) in [5.74, 6) is 0.840. The lowest BCUT2D eigenvalue weighted by Gasteiger charge is -2.12. The van der Waals surface area contributed by atoms with Gasteiger partial charge in [-0.05, 0) is 26.0 Å². The molecule has 94 valence electrons. The Labute approximate surface area is 101 Å². The summed E-state index contributed by atoms with van der Waals surface area (Å²) in [7, 11) is 1.53. The average Bonchev–Trinajstić information content (AvgIpc) is 2.25. The predicted octanol–water partition coefficient (Wildman–Crippen LogP) is 1.18. The summed E-state index contributed by atoms with van der Waals surface area (Å²) in [6.45, 7) is 3.72. The van der Waals surface area contributed by atoms with Crippen LogP contribution in [0.25, 0.3) is 0 Å². The molecule has 3 N–H and O–H groups in total. The van der Waals surface area contributed by atoms with Gasteiger partial charge in [-0.25, -0.2) is 0 Å². The number of amides is 1. The molecule has 0 aliphatic carbocycles. The molecule has 0 aliphatic rings. The summed E-state index contributed by atoms with van der Waals surface area (Å²) in [6.07, 6.45) is 0. The van der Waals surface area contributed by atoms with Crippen LogP contribution in [0.5, 0.6) is 11.5 Å². The van der Waals surface area contributed by atoms with Gasteiger partial charge in [0.25, 0.3) is 5.91 Å². The fourth-order valence-electron chi connectivity index (χ4n) is 1.31. The van der Waals surface area contributed by atoms with E-state index in [0.717, 1.165) is 0 Å². The Bertz CT molecular complexity index is 391. The van der Waals surface area contributed by atoms with Crippen molar-refractivity contribution in [2.24, 2.45) is 0 Å². The molecular weight excluding hydrogens is 220 g/mol. The second-order valence-electron chi connectivity index (χ2n) is 3.92. The minimum Gasteiger partial charge on any atom is -0.493 e. The Morgan fingerprint density at radius 1 is 1.41 bits per heavy atom. The Kier molecular flexibility index (Phi) is 4.63. The van der Waals surface area contributed by atoms with E-state index in [0.29, 0.717) is 17.2 Å². The number of nitrogens with one attached hydrogen (secondary N) is 1. The molecule has 5 nitrogen and oxygen atoms in total. The maximum absolute atomic E-state index is 11.4. The number of rotatable bonds is 5. The molecule has 1 amide bonds. The van der Waals surface area contributed by atoms with Gasteiger partial charge in [0, 0.05) is 17.8 Å². The smallest absolute Gasteiger partial charge is 0.258 e. The first-order valence-electron chi connectivity index (χ1n) is 5.38. The number of hydrogen-bond acceptors (Lipinski definition) is 4. The maximum atomic E-state index is 11.4. The number of nitrogens with two attached hydrogens (primary N) is 1. The van der Waals surface area contributed by atoms with Crippen molar-refractivity contribution in [3.63, 3.8) is 0 Å². The quantitative estimate of drug-likeness (QED) is 0.755. The van der Waals surface area contributed by atoms with Crippen molar-refractivity contribution in [3.8, 4) is 11.5 Å². The molecule has 0 unspecified atom stereocenters. The predicted molar refractivity (Wildman–Crippen MR) is 66.2 cm³/mol. The van der Waals surface area contributed by atoms with Gasteiger partial charge in [0.2, 0.25) is 0 Å². The van der Waals surface area contributed by atoms with Crippen molar-refractivity contribution >= 4 is 11.6 Å². The average molecular weight is 238 g/mol. The number of carbonyl (C=O) groups excluding carboxylic acids is 1. The molecule has 0 bridgehead atoms. The lowest BCUT2D eigenvalue weighted by atomic mass is 10.3. The minimum atomic E-state index is -0.176. The second kappa shape index (κ2) is 5.98. The van der Waals surface area contributed by atoms with Gasteiger partial charge in [-0.15, -0.1) is 0 Å². The summed E-state index contributed by atoms with van der Waals surface area (Å²) < 4.78 is 10.5. The van der Waals surface area contributed by atoms with Gasteiger partial charge < -0.3 is 20.5 Å². The van der Waals surface area contributed by atoms with E-state index in [1.165, 1.54) is 7.11 Å². The number of ether oxygens (including phenoxy) is 2. The van der Waals surface area contributed by atoms with Crippen LogP contribution >= 0.6 is 0 Å². The molecule has 0 aromatic heterocycles. The number of hydrogen-bond donors (Lipinski definition) is 2. The molecule has 0 aliphatic heterocycles. The summed E-state index contributed by atoms with van der Waals surface area (Å²) in [5.41, 5.74) is 6.19. The molecule has 0 atom stereocenters. The monoisotopic (exact) mass is 238 g/mol. The Morgan fingerprint density at radius 3 is 2.71 bits per heavy atom. The van der Waals surface area contributed by atoms with Crippen LogP contribution in [-0.4, -0.2) is 25.7 Å². The SMILES string of the molecule is COc1ccc(N)cc1OCC(=O)NC(C)C. The van der Waals surface area contributed by atoms with E-state index in [9.17, 15) is 4.79 Å². The van der Waals surface area contributed by atoms with Gasteiger partial charge in [-0.2, -0.15) is 0 Å². The number of anilines is 1. The van der Waals surface area contributed by atoms with Crippen LogP contribution in [0.3, 0.4) is 0 Å². The van der Waals surface area contributed by atoms with Crippen LogP contribution in [0, 0.1) is 0 Å². The molecule has 0 heterocycles. The lowest BCUT2D eigenvalue weighted by Crippen LogP contribution is -2.34. The highest BCUT2D eigenvalue weighted by Crippen LogP contribution is 2.28. The molecular formula is C12H18N2O3. The molecule has 0 saturated carbocycles. The van der Waals surface area contributed by atoms with Crippen LogP contribution in [0.15, 0.2) is 18.2 Å². The van der Waals surface area contributed by atoms with Crippen LogP contribution in [0.1, 0.15) is 13.8 Å². The van der Waals surface area contributed by atoms with Crippen molar-refractivity contribution in [2.45, 2.75) is 19.9 Å². The third-order valence-corrected chi connectivity index (χ3v) is 2.00. The van der Waals surface area contributed by atoms with E-state index in [1.54, 1.807) is 18.2 Å². The van der Waals surface area contributed by atoms with Crippen molar-refractivity contribution in [1.82, 2.24) is 5.32 Å². The standard InChI is InChI=1S/C12H18N2O3/c1-8(2)14-12(15)7-17-11-6-9(13)4-5-10(11)16-3/h4-6,8H,7,13H2,1-3H3,(H,14,15). The van der Waals surface area contributed by atoms with Gasteiger partial charge in [-0.3, -0.25) is 4.79 Å². The molecule has 1 aromatic carbocycles. The molecule has 1 aromatic rings. The molecule has 0 saturated heterocycles. The topological polar surface area (TPSA) is 73.6 Å². The van der Waals surface area contributed by atoms with E-state index >= 15 is 0 Å². The largest absolute Gasteiger partial charge is 0.493 e. The van der Waals surface area contributed by atoms with E-state index in [-0.39, 0.29) is 18.6 Å². The van der Waals surface area contributed by atoms with Crippen molar-refractivity contribution < 1.29 is 14.3 Å².